The van der Waals surface area contributed by atoms with Crippen LogP contribution in [0.4, 0.5) is 5.82 Å². The number of hydrogen-bond acceptors (Lipinski definition) is 6. The summed E-state index contributed by atoms with van der Waals surface area (Å²) in [5, 5.41) is 0. The van der Waals surface area contributed by atoms with Crippen LogP contribution in [0.5, 0.6) is 0 Å². The van der Waals surface area contributed by atoms with E-state index in [1.165, 1.54) is 13.1 Å². The van der Waals surface area contributed by atoms with Crippen molar-refractivity contribution in [2.45, 2.75) is 32.7 Å². The maximum Gasteiger partial charge on any atom is 0.149 e. The van der Waals surface area contributed by atoms with E-state index in [2.05, 4.69) is 36.0 Å². The van der Waals surface area contributed by atoms with Crippen molar-refractivity contribution in [1.82, 2.24) is 19.8 Å². The van der Waals surface area contributed by atoms with Gasteiger partial charge in [0, 0.05) is 44.0 Å². The van der Waals surface area contributed by atoms with E-state index in [0.717, 1.165) is 42.5 Å². The van der Waals surface area contributed by atoms with Gasteiger partial charge in [-0.2, -0.15) is 0 Å². The van der Waals surface area contributed by atoms with Gasteiger partial charge < -0.3 is 5.43 Å². The molecular weight excluding hydrogens is 252 g/mol. The Labute approximate surface area is 120 Å². The van der Waals surface area contributed by atoms with Crippen LogP contribution >= 0.6 is 0 Å². The number of nitrogen functional groups attached to an aromatic ring is 1. The molecule has 3 aliphatic heterocycles. The average Bonchev–Trinajstić information content (AvgIpc) is 2.47. The lowest BCUT2D eigenvalue weighted by atomic mass is 10.0. The first-order valence-corrected chi connectivity index (χ1v) is 7.41. The molecule has 1 aromatic rings. The van der Waals surface area contributed by atoms with Crippen LogP contribution in [0.2, 0.25) is 0 Å². The van der Waals surface area contributed by atoms with Crippen LogP contribution in [0.25, 0.3) is 0 Å². The summed E-state index contributed by atoms with van der Waals surface area (Å²) < 4.78 is 0. The Morgan fingerprint density at radius 2 is 1.90 bits per heavy atom. The number of hydrogen-bond donors (Lipinski definition) is 2. The minimum absolute atomic E-state index is 0.310. The average molecular weight is 276 g/mol. The topological polar surface area (TPSA) is 70.3 Å². The fourth-order valence-electron chi connectivity index (χ4n) is 3.42. The minimum atomic E-state index is 0.310. The summed E-state index contributed by atoms with van der Waals surface area (Å²) in [5.41, 5.74) is 4.91. The van der Waals surface area contributed by atoms with Gasteiger partial charge in [-0.3, -0.25) is 9.80 Å². The molecular formula is C14H24N6. The third kappa shape index (κ3) is 2.28. The number of hydrazine groups is 1. The summed E-state index contributed by atoms with van der Waals surface area (Å²) >= 11 is 0. The number of nitrogens with zero attached hydrogens (tertiary/aromatic N) is 4. The van der Waals surface area contributed by atoms with Crippen molar-refractivity contribution in [3.05, 3.63) is 17.1 Å². The highest BCUT2D eigenvalue weighted by molar-refractivity contribution is 5.47. The van der Waals surface area contributed by atoms with E-state index in [-0.39, 0.29) is 0 Å². The molecule has 1 atom stereocenters. The Morgan fingerprint density at radius 3 is 2.40 bits per heavy atom. The van der Waals surface area contributed by atoms with E-state index in [1.54, 1.807) is 0 Å². The van der Waals surface area contributed by atoms with Crippen LogP contribution in [0.3, 0.4) is 0 Å². The quantitative estimate of drug-likeness (QED) is 0.630. The zero-order valence-electron chi connectivity index (χ0n) is 12.6. The molecule has 2 bridgehead atoms. The Morgan fingerprint density at radius 1 is 1.20 bits per heavy atom. The molecule has 4 rings (SSSR count). The monoisotopic (exact) mass is 276 g/mol. The molecule has 3 N–H and O–H groups in total. The Balaban J connectivity index is 1.96. The zero-order chi connectivity index (χ0) is 14.3. The molecule has 0 radical (unpaired) electrons. The predicted molar refractivity (Wildman–Crippen MR) is 79.4 cm³/mol. The molecule has 0 spiro atoms. The summed E-state index contributed by atoms with van der Waals surface area (Å²) in [5.74, 6) is 7.71. The minimum Gasteiger partial charge on any atom is -0.308 e. The van der Waals surface area contributed by atoms with E-state index in [0.29, 0.717) is 12.0 Å². The highest BCUT2D eigenvalue weighted by Gasteiger charge is 2.35. The van der Waals surface area contributed by atoms with E-state index in [1.807, 2.05) is 0 Å². The van der Waals surface area contributed by atoms with Gasteiger partial charge in [-0.25, -0.2) is 15.8 Å². The van der Waals surface area contributed by atoms with Crippen molar-refractivity contribution in [3.8, 4) is 0 Å². The Bertz CT molecular complexity index is 493. The lowest BCUT2D eigenvalue weighted by Gasteiger charge is -2.46. The highest BCUT2D eigenvalue weighted by Crippen LogP contribution is 2.30. The van der Waals surface area contributed by atoms with Crippen molar-refractivity contribution >= 4 is 5.82 Å². The number of rotatable bonds is 3. The molecule has 3 aliphatic rings. The summed E-state index contributed by atoms with van der Waals surface area (Å²) in [7, 11) is 0. The standard InChI is InChI=1S/C14H24N6/c1-9(2)12-10(3)16-13(17-14(12)18-15)11-8-19-4-6-20(11)7-5-19/h9,11H,4-8,15H2,1-3H3,(H,16,17,18). The van der Waals surface area contributed by atoms with Crippen LogP contribution in [-0.4, -0.2) is 52.5 Å². The largest absolute Gasteiger partial charge is 0.308 e. The first-order valence-electron chi connectivity index (χ1n) is 7.41. The van der Waals surface area contributed by atoms with Crippen LogP contribution in [0.1, 0.15) is 42.9 Å². The van der Waals surface area contributed by atoms with Gasteiger partial charge >= 0.3 is 0 Å². The molecule has 6 heteroatoms. The molecule has 0 aromatic carbocycles. The molecule has 4 heterocycles. The van der Waals surface area contributed by atoms with Gasteiger partial charge in [-0.1, -0.05) is 13.8 Å². The van der Waals surface area contributed by atoms with Crippen LogP contribution in [0.15, 0.2) is 0 Å². The normalized spacial score (nSPS) is 28.9. The zero-order valence-corrected chi connectivity index (χ0v) is 12.6. The number of aryl methyl sites for hydroxylation is 1. The molecule has 1 aromatic heterocycles. The molecule has 110 valence electrons. The summed E-state index contributed by atoms with van der Waals surface area (Å²) in [6.07, 6.45) is 0. The second-order valence-electron chi connectivity index (χ2n) is 6.08. The van der Waals surface area contributed by atoms with Gasteiger partial charge in [-0.05, 0) is 12.8 Å². The lowest BCUT2D eigenvalue weighted by molar-refractivity contribution is 0.00862. The SMILES string of the molecule is Cc1nc(C2CN3CCN2CC3)nc(NN)c1C(C)C. The van der Waals surface area contributed by atoms with Crippen molar-refractivity contribution < 1.29 is 0 Å². The molecule has 0 amide bonds. The maximum atomic E-state index is 5.67. The number of nitrogens with one attached hydrogen (secondary N) is 1. The van der Waals surface area contributed by atoms with Crippen LogP contribution < -0.4 is 11.3 Å². The lowest BCUT2D eigenvalue weighted by Crippen LogP contribution is -2.57. The number of anilines is 1. The summed E-state index contributed by atoms with van der Waals surface area (Å²) in [6, 6.07) is 0.310. The summed E-state index contributed by atoms with van der Waals surface area (Å²) in [4.78, 5) is 14.5. The summed E-state index contributed by atoms with van der Waals surface area (Å²) in [6.45, 7) is 11.9. The van der Waals surface area contributed by atoms with Gasteiger partial charge in [0.1, 0.15) is 11.6 Å². The van der Waals surface area contributed by atoms with E-state index in [4.69, 9.17) is 15.8 Å². The van der Waals surface area contributed by atoms with Gasteiger partial charge in [-0.15, -0.1) is 0 Å². The fourth-order valence-corrected chi connectivity index (χ4v) is 3.42. The van der Waals surface area contributed by atoms with Crippen molar-refractivity contribution in [2.75, 3.05) is 38.1 Å². The number of fused-ring (bicyclic) bond motifs is 3. The molecule has 0 aliphatic carbocycles. The van der Waals surface area contributed by atoms with E-state index >= 15 is 0 Å². The fraction of sp³-hybridized carbons (Fsp3) is 0.714. The molecule has 1 unspecified atom stereocenters. The number of aromatic nitrogens is 2. The first kappa shape index (κ1) is 13.7. The number of piperazine rings is 3. The third-order valence-corrected chi connectivity index (χ3v) is 4.44. The number of nitrogens with two attached hydrogens (primary N) is 1. The third-order valence-electron chi connectivity index (χ3n) is 4.44. The van der Waals surface area contributed by atoms with Gasteiger partial charge in [0.15, 0.2) is 0 Å². The Kier molecular flexibility index (Phi) is 3.62. The van der Waals surface area contributed by atoms with E-state index in [9.17, 15) is 0 Å². The molecule has 20 heavy (non-hydrogen) atoms. The van der Waals surface area contributed by atoms with E-state index < -0.39 is 0 Å². The first-order chi connectivity index (χ1) is 9.60. The van der Waals surface area contributed by atoms with Crippen molar-refractivity contribution in [1.29, 1.82) is 0 Å². The highest BCUT2D eigenvalue weighted by atomic mass is 15.4. The van der Waals surface area contributed by atoms with Crippen LogP contribution in [-0.2, 0) is 0 Å². The second-order valence-corrected chi connectivity index (χ2v) is 6.08. The van der Waals surface area contributed by atoms with Gasteiger partial charge in [0.2, 0.25) is 0 Å². The molecule has 3 saturated heterocycles. The Hall–Kier alpha value is -1.24. The predicted octanol–water partition coefficient (Wildman–Crippen LogP) is 0.866. The van der Waals surface area contributed by atoms with Crippen LogP contribution in [0, 0.1) is 6.92 Å². The smallest absolute Gasteiger partial charge is 0.149 e. The second kappa shape index (κ2) is 5.27. The molecule has 3 fully saturated rings. The van der Waals surface area contributed by atoms with Crippen molar-refractivity contribution in [3.63, 3.8) is 0 Å². The van der Waals surface area contributed by atoms with Crippen molar-refractivity contribution in [2.24, 2.45) is 5.84 Å². The molecule has 0 saturated carbocycles. The van der Waals surface area contributed by atoms with Gasteiger partial charge in [0.25, 0.3) is 0 Å². The maximum absolute atomic E-state index is 5.67. The molecule has 6 nitrogen and oxygen atoms in total. The van der Waals surface area contributed by atoms with Gasteiger partial charge in [0.05, 0.1) is 6.04 Å².